The molecule has 136 valence electrons. The number of rotatable bonds is 6. The number of aryl methyl sites for hydroxylation is 2. The molecule has 8 nitrogen and oxygen atoms in total. The highest BCUT2D eigenvalue weighted by Crippen LogP contribution is 2.19. The van der Waals surface area contributed by atoms with Gasteiger partial charge in [-0.15, -0.1) is 0 Å². The summed E-state index contributed by atoms with van der Waals surface area (Å²) in [7, 11) is 1.85. The molecule has 9 heteroatoms. The van der Waals surface area contributed by atoms with Crippen LogP contribution in [0.15, 0.2) is 23.5 Å². The minimum Gasteiger partial charge on any atom is -0.356 e. The molecular weight excluding hydrogens is 336 g/mol. The SMILES string of the molecule is CCc1nsc(N2CCN(C(=NC)NCCCn3cccn3)CC2)n1. The molecule has 0 spiro atoms. The zero-order valence-electron chi connectivity index (χ0n) is 14.9. The third-order valence-corrected chi connectivity index (χ3v) is 5.06. The van der Waals surface area contributed by atoms with Crippen LogP contribution in [0.1, 0.15) is 19.2 Å². The molecule has 0 bridgehead atoms. The largest absolute Gasteiger partial charge is 0.356 e. The molecule has 0 atom stereocenters. The first-order valence-electron chi connectivity index (χ1n) is 8.80. The van der Waals surface area contributed by atoms with Gasteiger partial charge in [0.25, 0.3) is 0 Å². The van der Waals surface area contributed by atoms with Gasteiger partial charge in [0.05, 0.1) is 0 Å². The van der Waals surface area contributed by atoms with Crippen LogP contribution >= 0.6 is 11.5 Å². The summed E-state index contributed by atoms with van der Waals surface area (Å²) in [5.74, 6) is 1.92. The lowest BCUT2D eigenvalue weighted by atomic mass is 10.3. The molecule has 1 N–H and O–H groups in total. The Balaban J connectivity index is 1.42. The minimum atomic E-state index is 0.892. The number of aliphatic imine (C=N–C) groups is 1. The normalized spacial score (nSPS) is 15.7. The molecule has 0 aromatic carbocycles. The summed E-state index contributed by atoms with van der Waals surface area (Å²) in [4.78, 5) is 13.6. The van der Waals surface area contributed by atoms with E-state index in [0.29, 0.717) is 0 Å². The standard InChI is InChI=1S/C16H26N8S/c1-3-14-20-16(25-21-14)23-12-10-22(11-13-23)15(17-2)18-6-4-8-24-9-5-7-19-24/h5,7,9H,3-4,6,8,10-13H2,1-2H3,(H,17,18). The lowest BCUT2D eigenvalue weighted by molar-refractivity contribution is 0.371. The van der Waals surface area contributed by atoms with Crippen molar-refractivity contribution in [2.75, 3.05) is 44.7 Å². The predicted molar refractivity (Wildman–Crippen MR) is 101 cm³/mol. The van der Waals surface area contributed by atoms with Crippen molar-refractivity contribution in [3.8, 4) is 0 Å². The molecule has 3 rings (SSSR count). The summed E-state index contributed by atoms with van der Waals surface area (Å²) < 4.78 is 6.34. The third kappa shape index (κ3) is 4.68. The molecule has 0 saturated carbocycles. The maximum atomic E-state index is 4.59. The summed E-state index contributed by atoms with van der Waals surface area (Å²) in [5, 5.41) is 8.72. The van der Waals surface area contributed by atoms with Crippen molar-refractivity contribution in [3.63, 3.8) is 0 Å². The predicted octanol–water partition coefficient (Wildman–Crippen LogP) is 1.08. The molecular formula is C16H26N8S. The molecule has 2 aromatic heterocycles. The van der Waals surface area contributed by atoms with E-state index in [-0.39, 0.29) is 0 Å². The van der Waals surface area contributed by atoms with Crippen molar-refractivity contribution in [2.45, 2.75) is 26.3 Å². The van der Waals surface area contributed by atoms with E-state index in [1.54, 1.807) is 0 Å². The van der Waals surface area contributed by atoms with E-state index in [1.165, 1.54) is 11.5 Å². The average molecular weight is 363 g/mol. The van der Waals surface area contributed by atoms with Crippen molar-refractivity contribution >= 4 is 22.6 Å². The maximum absolute atomic E-state index is 4.59. The summed E-state index contributed by atoms with van der Waals surface area (Å²) in [6.07, 6.45) is 5.72. The summed E-state index contributed by atoms with van der Waals surface area (Å²) in [6.45, 7) is 7.69. The summed E-state index contributed by atoms with van der Waals surface area (Å²) in [6, 6.07) is 1.95. The van der Waals surface area contributed by atoms with E-state index in [1.807, 2.05) is 30.2 Å². The summed E-state index contributed by atoms with van der Waals surface area (Å²) >= 11 is 1.50. The highest BCUT2D eigenvalue weighted by Gasteiger charge is 2.21. The number of piperazine rings is 1. The van der Waals surface area contributed by atoms with Crippen molar-refractivity contribution in [1.29, 1.82) is 0 Å². The molecule has 1 aliphatic heterocycles. The molecule has 1 saturated heterocycles. The highest BCUT2D eigenvalue weighted by molar-refractivity contribution is 7.09. The zero-order valence-corrected chi connectivity index (χ0v) is 15.7. The number of nitrogens with zero attached hydrogens (tertiary/aromatic N) is 7. The van der Waals surface area contributed by atoms with Crippen molar-refractivity contribution < 1.29 is 0 Å². The van der Waals surface area contributed by atoms with Gasteiger partial charge >= 0.3 is 0 Å². The third-order valence-electron chi connectivity index (χ3n) is 4.24. The number of hydrogen-bond acceptors (Lipinski definition) is 6. The Morgan fingerprint density at radius 2 is 2.16 bits per heavy atom. The van der Waals surface area contributed by atoms with Crippen LogP contribution in [0, 0.1) is 0 Å². The molecule has 0 unspecified atom stereocenters. The van der Waals surface area contributed by atoms with Gasteiger partial charge in [-0.2, -0.15) is 9.47 Å². The lowest BCUT2D eigenvalue weighted by Crippen LogP contribution is -2.52. The first kappa shape index (κ1) is 17.7. The topological polar surface area (TPSA) is 74.5 Å². The van der Waals surface area contributed by atoms with Crippen LogP contribution < -0.4 is 10.2 Å². The molecule has 2 aromatic rings. The Morgan fingerprint density at radius 1 is 1.32 bits per heavy atom. The zero-order chi connectivity index (χ0) is 17.5. The van der Waals surface area contributed by atoms with Gasteiger partial charge in [-0.25, -0.2) is 4.98 Å². The second-order valence-electron chi connectivity index (χ2n) is 5.92. The fourth-order valence-corrected chi connectivity index (χ4v) is 3.63. The number of aromatic nitrogens is 4. The fraction of sp³-hybridized carbons (Fsp3) is 0.625. The Bertz CT molecular complexity index is 657. The first-order chi connectivity index (χ1) is 12.3. The van der Waals surface area contributed by atoms with Crippen LogP contribution in [0.25, 0.3) is 0 Å². The Kier molecular flexibility index (Phi) is 6.21. The van der Waals surface area contributed by atoms with Gasteiger partial charge in [0.15, 0.2) is 5.96 Å². The van der Waals surface area contributed by atoms with E-state index in [9.17, 15) is 0 Å². The smallest absolute Gasteiger partial charge is 0.205 e. The molecule has 1 aliphatic rings. The molecule has 25 heavy (non-hydrogen) atoms. The molecule has 0 aliphatic carbocycles. The molecule has 1 fully saturated rings. The van der Waals surface area contributed by atoms with E-state index >= 15 is 0 Å². The minimum absolute atomic E-state index is 0.892. The Hall–Kier alpha value is -2.16. The van der Waals surface area contributed by atoms with Crippen LogP contribution in [0.3, 0.4) is 0 Å². The first-order valence-corrected chi connectivity index (χ1v) is 9.58. The van der Waals surface area contributed by atoms with Crippen LogP contribution in [0.2, 0.25) is 0 Å². The monoisotopic (exact) mass is 362 g/mol. The second kappa shape index (κ2) is 8.80. The number of guanidine groups is 1. The van der Waals surface area contributed by atoms with Gasteiger partial charge in [-0.1, -0.05) is 6.92 Å². The van der Waals surface area contributed by atoms with Crippen molar-refractivity contribution in [2.24, 2.45) is 4.99 Å². The molecule has 0 amide bonds. The van der Waals surface area contributed by atoms with E-state index < -0.39 is 0 Å². The van der Waals surface area contributed by atoms with Gasteiger partial charge in [0.1, 0.15) is 5.82 Å². The maximum Gasteiger partial charge on any atom is 0.205 e. The van der Waals surface area contributed by atoms with Gasteiger partial charge in [0, 0.05) is 76.7 Å². The van der Waals surface area contributed by atoms with Gasteiger partial charge < -0.3 is 15.1 Å². The fourth-order valence-electron chi connectivity index (χ4n) is 2.83. The second-order valence-corrected chi connectivity index (χ2v) is 6.65. The quantitative estimate of drug-likeness (QED) is 0.471. The number of anilines is 1. The number of nitrogens with one attached hydrogen (secondary N) is 1. The van der Waals surface area contributed by atoms with Crippen LogP contribution in [-0.2, 0) is 13.0 Å². The van der Waals surface area contributed by atoms with E-state index in [4.69, 9.17) is 0 Å². The molecule has 0 radical (unpaired) electrons. The van der Waals surface area contributed by atoms with Crippen molar-refractivity contribution in [1.82, 2.24) is 29.4 Å². The summed E-state index contributed by atoms with van der Waals surface area (Å²) in [5.41, 5.74) is 0. The molecule has 3 heterocycles. The van der Waals surface area contributed by atoms with Crippen molar-refractivity contribution in [3.05, 3.63) is 24.3 Å². The Morgan fingerprint density at radius 3 is 2.80 bits per heavy atom. The van der Waals surface area contributed by atoms with Crippen LogP contribution in [0.5, 0.6) is 0 Å². The number of hydrogen-bond donors (Lipinski definition) is 1. The van der Waals surface area contributed by atoms with Gasteiger partial charge in [-0.3, -0.25) is 9.67 Å². The average Bonchev–Trinajstić information content (AvgIpc) is 3.34. The van der Waals surface area contributed by atoms with E-state index in [0.717, 1.165) is 69.0 Å². The van der Waals surface area contributed by atoms with Crippen LogP contribution in [0.4, 0.5) is 5.13 Å². The van der Waals surface area contributed by atoms with E-state index in [2.05, 4.69) is 41.5 Å². The lowest BCUT2D eigenvalue weighted by Gasteiger charge is -2.36. The van der Waals surface area contributed by atoms with Crippen LogP contribution in [-0.4, -0.2) is 69.8 Å². The highest BCUT2D eigenvalue weighted by atomic mass is 32.1. The van der Waals surface area contributed by atoms with Gasteiger partial charge in [0.2, 0.25) is 5.13 Å². The van der Waals surface area contributed by atoms with Gasteiger partial charge in [-0.05, 0) is 12.5 Å². The Labute approximate surface area is 152 Å².